The van der Waals surface area contributed by atoms with Gasteiger partial charge in [0.25, 0.3) is 0 Å². The molecule has 1 heterocycles. The van der Waals surface area contributed by atoms with Gasteiger partial charge in [-0.05, 0) is 23.8 Å². The van der Waals surface area contributed by atoms with Gasteiger partial charge in [0.15, 0.2) is 12.4 Å². The van der Waals surface area contributed by atoms with Crippen molar-refractivity contribution in [1.29, 1.82) is 0 Å². The van der Waals surface area contributed by atoms with Crippen LogP contribution in [0.15, 0.2) is 30.3 Å². The molecular formula is C15H18O8. The summed E-state index contributed by atoms with van der Waals surface area (Å²) in [6.45, 7) is -0.600. The van der Waals surface area contributed by atoms with Gasteiger partial charge >= 0.3 is 5.97 Å². The lowest BCUT2D eigenvalue weighted by molar-refractivity contribution is -0.289. The number of hydrogen-bond acceptors (Lipinski definition) is 8. The maximum atomic E-state index is 11.7. The molecule has 0 amide bonds. The summed E-state index contributed by atoms with van der Waals surface area (Å²) >= 11 is 0. The molecular weight excluding hydrogens is 308 g/mol. The second-order valence-electron chi connectivity index (χ2n) is 5.06. The topological polar surface area (TPSA) is 137 Å². The highest BCUT2D eigenvalue weighted by atomic mass is 16.7. The first kappa shape index (κ1) is 17.4. The minimum atomic E-state index is -1.67. The highest BCUT2D eigenvalue weighted by Crippen LogP contribution is 2.22. The summed E-state index contributed by atoms with van der Waals surface area (Å²) in [5, 5.41) is 47.3. The summed E-state index contributed by atoms with van der Waals surface area (Å²) in [4.78, 5) is 11.7. The van der Waals surface area contributed by atoms with Crippen molar-refractivity contribution in [1.82, 2.24) is 0 Å². The Hall–Kier alpha value is -1.97. The molecule has 1 aromatic carbocycles. The lowest BCUT2D eigenvalue weighted by Gasteiger charge is -2.39. The number of hydrogen-bond donors (Lipinski definition) is 5. The molecule has 0 bridgehead atoms. The number of carbonyl (C=O) groups is 1. The van der Waals surface area contributed by atoms with Crippen LogP contribution >= 0.6 is 0 Å². The lowest BCUT2D eigenvalue weighted by atomic mass is 9.99. The highest BCUT2D eigenvalue weighted by molar-refractivity contribution is 5.87. The molecule has 23 heavy (non-hydrogen) atoms. The van der Waals surface area contributed by atoms with Crippen LogP contribution in [0.1, 0.15) is 5.56 Å². The van der Waals surface area contributed by atoms with Gasteiger partial charge in [0.1, 0.15) is 24.1 Å². The van der Waals surface area contributed by atoms with Crippen LogP contribution in [0.3, 0.4) is 0 Å². The lowest BCUT2D eigenvalue weighted by Crippen LogP contribution is -2.59. The van der Waals surface area contributed by atoms with Gasteiger partial charge < -0.3 is 35.0 Å². The average Bonchev–Trinajstić information content (AvgIpc) is 2.54. The normalized spacial score (nSPS) is 31.2. The fraction of sp³-hybridized carbons (Fsp3) is 0.400. The Kier molecular flexibility index (Phi) is 5.69. The first-order valence-corrected chi connectivity index (χ1v) is 6.90. The van der Waals surface area contributed by atoms with Crippen molar-refractivity contribution in [3.63, 3.8) is 0 Å². The molecule has 8 heteroatoms. The first-order chi connectivity index (χ1) is 10.9. The van der Waals surface area contributed by atoms with Crippen LogP contribution in [0.5, 0.6) is 5.75 Å². The predicted molar refractivity (Wildman–Crippen MR) is 77.0 cm³/mol. The molecule has 1 fully saturated rings. The van der Waals surface area contributed by atoms with Gasteiger partial charge in [0.05, 0.1) is 6.61 Å². The Bertz CT molecular complexity index is 555. The number of carbonyl (C=O) groups excluding carboxylic acids is 1. The van der Waals surface area contributed by atoms with Crippen molar-refractivity contribution in [2.75, 3.05) is 6.61 Å². The molecule has 8 nitrogen and oxygen atoms in total. The van der Waals surface area contributed by atoms with E-state index in [4.69, 9.17) is 19.7 Å². The van der Waals surface area contributed by atoms with E-state index in [1.165, 1.54) is 18.2 Å². The van der Waals surface area contributed by atoms with Crippen LogP contribution in [-0.2, 0) is 14.3 Å². The van der Waals surface area contributed by atoms with E-state index in [9.17, 15) is 20.1 Å². The van der Waals surface area contributed by atoms with Crippen molar-refractivity contribution in [3.8, 4) is 5.75 Å². The van der Waals surface area contributed by atoms with E-state index in [0.717, 1.165) is 6.08 Å². The number of phenols is 1. The van der Waals surface area contributed by atoms with Crippen LogP contribution in [0.2, 0.25) is 0 Å². The van der Waals surface area contributed by atoms with E-state index in [1.807, 2.05) is 0 Å². The summed E-state index contributed by atoms with van der Waals surface area (Å²) < 4.78 is 9.76. The van der Waals surface area contributed by atoms with Gasteiger partial charge in [0.2, 0.25) is 0 Å². The van der Waals surface area contributed by atoms with Gasteiger partial charge in [-0.3, -0.25) is 0 Å². The fourth-order valence-corrected chi connectivity index (χ4v) is 2.12. The van der Waals surface area contributed by atoms with Crippen LogP contribution in [0.25, 0.3) is 6.08 Å². The smallest absolute Gasteiger partial charge is 0.331 e. The summed E-state index contributed by atoms with van der Waals surface area (Å²) in [5.74, 6) is -0.776. The van der Waals surface area contributed by atoms with E-state index in [1.54, 1.807) is 12.1 Å². The van der Waals surface area contributed by atoms with Gasteiger partial charge in [-0.25, -0.2) is 4.79 Å². The third kappa shape index (κ3) is 4.27. The van der Waals surface area contributed by atoms with E-state index in [0.29, 0.717) is 5.56 Å². The Balaban J connectivity index is 1.97. The number of aromatic hydroxyl groups is 1. The number of esters is 1. The SMILES string of the molecule is O=C(C=Cc1ccc(O)cc1)O[C@@H]1[C@@H](O)[C@H](O)[C@@H](CO)O[C@H]1O. The van der Waals surface area contributed by atoms with Gasteiger partial charge in [0, 0.05) is 6.08 Å². The Morgan fingerprint density at radius 1 is 1.17 bits per heavy atom. The zero-order chi connectivity index (χ0) is 17.0. The molecule has 0 spiro atoms. The molecule has 0 radical (unpaired) electrons. The van der Waals surface area contributed by atoms with Crippen LogP contribution in [-0.4, -0.2) is 68.8 Å². The van der Waals surface area contributed by atoms with E-state index < -0.39 is 43.3 Å². The quantitative estimate of drug-likeness (QED) is 0.342. The third-order valence-electron chi connectivity index (χ3n) is 3.40. The molecule has 0 aromatic heterocycles. The van der Waals surface area contributed by atoms with Crippen molar-refractivity contribution >= 4 is 12.0 Å². The van der Waals surface area contributed by atoms with Crippen LogP contribution in [0, 0.1) is 0 Å². The molecule has 5 N–H and O–H groups in total. The minimum absolute atomic E-state index is 0.0859. The van der Waals surface area contributed by atoms with Crippen molar-refractivity contribution in [2.24, 2.45) is 0 Å². The highest BCUT2D eigenvalue weighted by Gasteiger charge is 2.45. The predicted octanol–water partition coefficient (Wildman–Crippen LogP) is -1.25. The molecule has 0 unspecified atom stereocenters. The number of benzene rings is 1. The Morgan fingerprint density at radius 3 is 2.43 bits per heavy atom. The molecule has 0 aliphatic carbocycles. The summed E-state index contributed by atoms with van der Waals surface area (Å²) in [6.07, 6.45) is -4.93. The maximum Gasteiger partial charge on any atom is 0.331 e. The zero-order valence-corrected chi connectivity index (χ0v) is 12.0. The van der Waals surface area contributed by atoms with Gasteiger partial charge in [-0.1, -0.05) is 12.1 Å². The summed E-state index contributed by atoms with van der Waals surface area (Å²) in [7, 11) is 0. The number of phenolic OH excluding ortho intramolecular Hbond substituents is 1. The standard InChI is InChI=1S/C15H18O8/c16-7-10-12(19)13(20)14(15(21)22-10)23-11(18)6-3-8-1-4-9(17)5-2-8/h1-6,10,12-17,19-21H,7H2/t10-,12-,13+,14-,15-/m1/s1. The van der Waals surface area contributed by atoms with Gasteiger partial charge in [-0.2, -0.15) is 0 Å². The molecule has 1 aliphatic heterocycles. The summed E-state index contributed by atoms with van der Waals surface area (Å²) in [6, 6.07) is 6.03. The number of aliphatic hydroxyl groups excluding tert-OH is 4. The zero-order valence-electron chi connectivity index (χ0n) is 12.0. The second kappa shape index (κ2) is 7.53. The van der Waals surface area contributed by atoms with Crippen molar-refractivity contribution < 1.29 is 39.8 Å². The molecule has 1 aromatic rings. The Morgan fingerprint density at radius 2 is 1.83 bits per heavy atom. The fourth-order valence-electron chi connectivity index (χ4n) is 2.12. The molecule has 2 rings (SSSR count). The number of ether oxygens (including phenoxy) is 2. The van der Waals surface area contributed by atoms with Crippen molar-refractivity contribution in [3.05, 3.63) is 35.9 Å². The van der Waals surface area contributed by atoms with Crippen LogP contribution < -0.4 is 0 Å². The number of aliphatic hydroxyl groups is 4. The monoisotopic (exact) mass is 326 g/mol. The maximum absolute atomic E-state index is 11.7. The van der Waals surface area contributed by atoms with Gasteiger partial charge in [-0.15, -0.1) is 0 Å². The van der Waals surface area contributed by atoms with E-state index in [-0.39, 0.29) is 5.75 Å². The molecule has 1 aliphatic rings. The van der Waals surface area contributed by atoms with Crippen molar-refractivity contribution in [2.45, 2.75) is 30.7 Å². The minimum Gasteiger partial charge on any atom is -0.508 e. The Labute approximate surface area is 131 Å². The van der Waals surface area contributed by atoms with E-state index >= 15 is 0 Å². The van der Waals surface area contributed by atoms with Crippen LogP contribution in [0.4, 0.5) is 0 Å². The average molecular weight is 326 g/mol. The van der Waals surface area contributed by atoms with E-state index in [2.05, 4.69) is 0 Å². The third-order valence-corrected chi connectivity index (χ3v) is 3.40. The number of rotatable bonds is 4. The largest absolute Gasteiger partial charge is 0.508 e. The molecule has 1 saturated heterocycles. The molecule has 126 valence electrons. The second-order valence-corrected chi connectivity index (χ2v) is 5.06. The first-order valence-electron chi connectivity index (χ1n) is 6.90. The molecule has 5 atom stereocenters. The summed E-state index contributed by atoms with van der Waals surface area (Å²) in [5.41, 5.74) is 0.626. The molecule has 0 saturated carbocycles.